The highest BCUT2D eigenvalue weighted by atomic mass is 35.5. The Morgan fingerprint density at radius 2 is 1.97 bits per heavy atom. The number of likely N-dealkylation sites (tertiary alicyclic amines) is 1. The molecule has 196 valence electrons. The van der Waals surface area contributed by atoms with Gasteiger partial charge in [0.05, 0.1) is 34.7 Å². The summed E-state index contributed by atoms with van der Waals surface area (Å²) in [5, 5.41) is 4.47. The van der Waals surface area contributed by atoms with Crippen molar-refractivity contribution >= 4 is 46.0 Å². The number of benzene rings is 1. The normalized spacial score (nSPS) is 17.4. The van der Waals surface area contributed by atoms with Crippen LogP contribution in [-0.2, 0) is 16.6 Å². The average molecular weight is 535 g/mol. The van der Waals surface area contributed by atoms with Crippen LogP contribution in [-0.4, -0.2) is 85.0 Å². The van der Waals surface area contributed by atoms with Gasteiger partial charge >= 0.3 is 0 Å². The minimum absolute atomic E-state index is 0.0143. The number of carbonyl (C=O) groups is 2. The zero-order valence-corrected chi connectivity index (χ0v) is 21.8. The first kappa shape index (κ1) is 24.4. The summed E-state index contributed by atoms with van der Waals surface area (Å²) in [5.74, 6) is 0.297. The van der Waals surface area contributed by atoms with Crippen LogP contribution in [0.15, 0.2) is 43.0 Å². The van der Waals surface area contributed by atoms with E-state index in [1.807, 2.05) is 41.9 Å². The maximum Gasteiger partial charge on any atom is 0.270 e. The Kier molecular flexibility index (Phi) is 6.04. The topological polar surface area (TPSA) is 121 Å². The molecule has 0 unspecified atom stereocenters. The number of anilines is 2. The SMILES string of the molecule is CN1C(=O)COCC12CCN(C(=O)c1cc3cc(Nc4nccc(-c5cn(C)cn5)n4)cc(Cl)c3[nH]1)CC2. The zero-order valence-electron chi connectivity index (χ0n) is 21.1. The maximum atomic E-state index is 13.3. The number of aryl methyl sites for hydroxylation is 1. The summed E-state index contributed by atoms with van der Waals surface area (Å²) in [6.45, 7) is 1.71. The summed E-state index contributed by atoms with van der Waals surface area (Å²) in [4.78, 5) is 45.5. The van der Waals surface area contributed by atoms with Crippen molar-refractivity contribution in [3.05, 3.63) is 53.7 Å². The fraction of sp³-hybridized carbons (Fsp3) is 0.346. The lowest BCUT2D eigenvalue weighted by atomic mass is 9.85. The number of nitrogens with one attached hydrogen (secondary N) is 2. The molecule has 38 heavy (non-hydrogen) atoms. The van der Waals surface area contributed by atoms with Crippen LogP contribution in [0.2, 0.25) is 5.02 Å². The van der Waals surface area contributed by atoms with Crippen molar-refractivity contribution in [3.63, 3.8) is 0 Å². The fourth-order valence-electron chi connectivity index (χ4n) is 5.19. The molecule has 1 spiro atoms. The predicted molar refractivity (Wildman–Crippen MR) is 142 cm³/mol. The molecule has 2 fully saturated rings. The lowest BCUT2D eigenvalue weighted by molar-refractivity contribution is -0.158. The van der Waals surface area contributed by atoms with Crippen LogP contribution < -0.4 is 5.32 Å². The summed E-state index contributed by atoms with van der Waals surface area (Å²) in [6.07, 6.45) is 6.62. The summed E-state index contributed by atoms with van der Waals surface area (Å²) in [5.41, 5.74) is 2.95. The lowest BCUT2D eigenvalue weighted by Crippen LogP contribution is -2.62. The van der Waals surface area contributed by atoms with Crippen LogP contribution in [0.4, 0.5) is 11.6 Å². The number of rotatable bonds is 4. The number of morpholine rings is 1. The van der Waals surface area contributed by atoms with Gasteiger partial charge in [-0.25, -0.2) is 15.0 Å². The van der Waals surface area contributed by atoms with Gasteiger partial charge in [0.1, 0.15) is 18.0 Å². The number of H-pyrrole nitrogens is 1. The zero-order chi connectivity index (χ0) is 26.4. The number of amides is 2. The molecule has 0 bridgehead atoms. The Morgan fingerprint density at radius 1 is 1.16 bits per heavy atom. The number of piperidine rings is 1. The summed E-state index contributed by atoms with van der Waals surface area (Å²) in [7, 11) is 3.73. The van der Waals surface area contributed by atoms with E-state index >= 15 is 0 Å². The van der Waals surface area contributed by atoms with Gasteiger partial charge in [0.25, 0.3) is 5.91 Å². The molecule has 2 N–H and O–H groups in total. The van der Waals surface area contributed by atoms with Crippen molar-refractivity contribution in [1.29, 1.82) is 0 Å². The van der Waals surface area contributed by atoms with Crippen LogP contribution in [0, 0.1) is 0 Å². The minimum Gasteiger partial charge on any atom is -0.369 e. The second-order valence-electron chi connectivity index (χ2n) is 9.88. The molecule has 4 aromatic rings. The molecule has 3 aromatic heterocycles. The number of fused-ring (bicyclic) bond motifs is 1. The lowest BCUT2D eigenvalue weighted by Gasteiger charge is -2.49. The molecule has 2 saturated heterocycles. The van der Waals surface area contributed by atoms with Crippen LogP contribution in [0.3, 0.4) is 0 Å². The standard InChI is InChI=1S/C26H27ClN8O3/c1-33-12-21(29-15-33)19-3-6-28-25(32-19)30-17-9-16-10-20(31-23(16)18(27)11-17)24(37)35-7-4-26(5-8-35)14-38-13-22(36)34(26)2/h3,6,9-12,15,31H,4-5,7-8,13-14H2,1-2H3,(H,28,30,32). The number of hydrogen-bond acceptors (Lipinski definition) is 7. The monoisotopic (exact) mass is 534 g/mol. The van der Waals surface area contributed by atoms with Gasteiger partial charge in [-0.15, -0.1) is 0 Å². The van der Waals surface area contributed by atoms with Crippen molar-refractivity contribution in [1.82, 2.24) is 34.3 Å². The summed E-state index contributed by atoms with van der Waals surface area (Å²) < 4.78 is 7.38. The van der Waals surface area contributed by atoms with E-state index in [1.165, 1.54) is 0 Å². The summed E-state index contributed by atoms with van der Waals surface area (Å²) in [6, 6.07) is 7.28. The van der Waals surface area contributed by atoms with E-state index in [1.54, 1.807) is 29.6 Å². The van der Waals surface area contributed by atoms with E-state index in [9.17, 15) is 9.59 Å². The number of carbonyl (C=O) groups excluding carboxylic acids is 2. The maximum absolute atomic E-state index is 13.3. The molecule has 1 aromatic carbocycles. The third kappa shape index (κ3) is 4.37. The molecular weight excluding hydrogens is 508 g/mol. The number of likely N-dealkylation sites (N-methyl/N-ethyl adjacent to an activating group) is 1. The van der Waals surface area contributed by atoms with E-state index in [0.29, 0.717) is 66.1 Å². The van der Waals surface area contributed by atoms with Gasteiger partial charge in [0.15, 0.2) is 0 Å². The van der Waals surface area contributed by atoms with Gasteiger partial charge in [-0.2, -0.15) is 0 Å². The van der Waals surface area contributed by atoms with Gasteiger partial charge in [-0.05, 0) is 37.1 Å². The highest BCUT2D eigenvalue weighted by Gasteiger charge is 2.44. The number of halogens is 1. The Hall–Kier alpha value is -3.96. The largest absolute Gasteiger partial charge is 0.369 e. The molecular formula is C26H27ClN8O3. The van der Waals surface area contributed by atoms with E-state index in [2.05, 4.69) is 25.3 Å². The Bertz CT molecular complexity index is 1540. The Labute approximate surface area is 223 Å². The van der Waals surface area contributed by atoms with Crippen molar-refractivity contribution in [3.8, 4) is 11.4 Å². The molecule has 12 heteroatoms. The quantitative estimate of drug-likeness (QED) is 0.412. The molecule has 2 aliphatic rings. The average Bonchev–Trinajstić information content (AvgIpc) is 3.54. The highest BCUT2D eigenvalue weighted by Crippen LogP contribution is 2.33. The summed E-state index contributed by atoms with van der Waals surface area (Å²) >= 11 is 6.59. The smallest absolute Gasteiger partial charge is 0.270 e. The molecule has 0 saturated carbocycles. The molecule has 2 amide bonds. The van der Waals surface area contributed by atoms with E-state index in [-0.39, 0.29) is 24.0 Å². The second kappa shape index (κ2) is 9.41. The molecule has 0 atom stereocenters. The van der Waals surface area contributed by atoms with Gasteiger partial charge in [0, 0.05) is 50.7 Å². The first-order chi connectivity index (χ1) is 18.3. The van der Waals surface area contributed by atoms with Crippen LogP contribution in [0.5, 0.6) is 0 Å². The van der Waals surface area contributed by atoms with Crippen molar-refractivity contribution in [2.24, 2.45) is 7.05 Å². The van der Waals surface area contributed by atoms with Crippen molar-refractivity contribution < 1.29 is 14.3 Å². The number of imidazole rings is 1. The van der Waals surface area contributed by atoms with E-state index < -0.39 is 0 Å². The Balaban J connectivity index is 1.19. The number of aromatic amines is 1. The minimum atomic E-state index is -0.341. The molecule has 11 nitrogen and oxygen atoms in total. The van der Waals surface area contributed by atoms with E-state index in [0.717, 1.165) is 11.1 Å². The first-order valence-corrected chi connectivity index (χ1v) is 12.7. The number of aromatic nitrogens is 5. The fourth-order valence-corrected chi connectivity index (χ4v) is 5.46. The van der Waals surface area contributed by atoms with Gasteiger partial charge in [-0.3, -0.25) is 9.59 Å². The van der Waals surface area contributed by atoms with Crippen molar-refractivity contribution in [2.45, 2.75) is 18.4 Å². The third-order valence-corrected chi connectivity index (χ3v) is 7.75. The molecule has 2 aliphatic heterocycles. The molecule has 5 heterocycles. The molecule has 0 aliphatic carbocycles. The van der Waals surface area contributed by atoms with Gasteiger partial charge < -0.3 is 29.4 Å². The predicted octanol–water partition coefficient (Wildman–Crippen LogP) is 3.22. The van der Waals surface area contributed by atoms with Gasteiger partial charge in [-0.1, -0.05) is 11.6 Å². The molecule has 0 radical (unpaired) electrons. The van der Waals surface area contributed by atoms with Crippen LogP contribution >= 0.6 is 11.6 Å². The van der Waals surface area contributed by atoms with Crippen molar-refractivity contribution in [2.75, 3.05) is 38.7 Å². The van der Waals surface area contributed by atoms with Crippen LogP contribution in [0.25, 0.3) is 22.3 Å². The van der Waals surface area contributed by atoms with Crippen LogP contribution in [0.1, 0.15) is 23.3 Å². The number of nitrogens with zero attached hydrogens (tertiary/aromatic N) is 6. The van der Waals surface area contributed by atoms with Gasteiger partial charge in [0.2, 0.25) is 11.9 Å². The Morgan fingerprint density at radius 3 is 2.74 bits per heavy atom. The highest BCUT2D eigenvalue weighted by molar-refractivity contribution is 6.35. The molecule has 6 rings (SSSR count). The third-order valence-electron chi connectivity index (χ3n) is 7.45. The second-order valence-corrected chi connectivity index (χ2v) is 10.3. The van der Waals surface area contributed by atoms with E-state index in [4.69, 9.17) is 16.3 Å². The number of ether oxygens (including phenoxy) is 1. The first-order valence-electron chi connectivity index (χ1n) is 12.4. The number of hydrogen-bond donors (Lipinski definition) is 2.